The van der Waals surface area contributed by atoms with E-state index in [-0.39, 0.29) is 17.5 Å². The zero-order chi connectivity index (χ0) is 12.9. The van der Waals surface area contributed by atoms with Crippen molar-refractivity contribution in [2.75, 3.05) is 6.54 Å². The van der Waals surface area contributed by atoms with E-state index in [9.17, 15) is 4.79 Å². The molecule has 96 valence electrons. The smallest absolute Gasteiger partial charge is 0.221 e. The summed E-state index contributed by atoms with van der Waals surface area (Å²) in [4.78, 5) is 15.8. The van der Waals surface area contributed by atoms with Gasteiger partial charge in [-0.2, -0.15) is 0 Å². The average molecular weight is 255 g/mol. The van der Waals surface area contributed by atoms with Crippen LogP contribution in [0.4, 0.5) is 0 Å². The molecule has 0 bridgehead atoms. The van der Waals surface area contributed by atoms with Crippen molar-refractivity contribution in [3.8, 4) is 0 Å². The van der Waals surface area contributed by atoms with E-state index in [4.69, 9.17) is 0 Å². The van der Waals surface area contributed by atoms with Crippen LogP contribution in [0.1, 0.15) is 45.2 Å². The molecule has 0 aliphatic carbocycles. The Hall–Kier alpha value is -0.940. The van der Waals surface area contributed by atoms with Gasteiger partial charge < -0.3 is 10.6 Å². The second-order valence-corrected chi connectivity index (χ2v) is 6.02. The van der Waals surface area contributed by atoms with Crippen molar-refractivity contribution in [3.63, 3.8) is 0 Å². The van der Waals surface area contributed by atoms with Gasteiger partial charge in [0.1, 0.15) is 5.01 Å². The molecule has 0 fully saturated rings. The quantitative estimate of drug-likeness (QED) is 0.847. The first-order valence-corrected chi connectivity index (χ1v) is 6.70. The fourth-order valence-electron chi connectivity index (χ4n) is 1.42. The number of hydrogen-bond acceptors (Lipinski definition) is 4. The largest absolute Gasteiger partial charge is 0.351 e. The summed E-state index contributed by atoms with van der Waals surface area (Å²) in [6.45, 7) is 8.67. The Balaban J connectivity index is 2.22. The van der Waals surface area contributed by atoms with Crippen LogP contribution < -0.4 is 10.6 Å². The van der Waals surface area contributed by atoms with Crippen LogP contribution in [0.3, 0.4) is 0 Å². The molecule has 0 radical (unpaired) electrons. The molecular formula is C12H21N3OS. The highest BCUT2D eigenvalue weighted by atomic mass is 32.1. The van der Waals surface area contributed by atoms with Crippen molar-refractivity contribution in [2.45, 2.75) is 45.7 Å². The first-order valence-electron chi connectivity index (χ1n) is 5.82. The molecule has 2 N–H and O–H groups in total. The molecule has 1 aromatic heterocycles. The summed E-state index contributed by atoms with van der Waals surface area (Å²) < 4.78 is 0. The van der Waals surface area contributed by atoms with E-state index >= 15 is 0 Å². The zero-order valence-electron chi connectivity index (χ0n) is 10.9. The summed E-state index contributed by atoms with van der Waals surface area (Å²) in [7, 11) is 0. The highest BCUT2D eigenvalue weighted by Gasteiger charge is 2.14. The number of amides is 1. The molecular weight excluding hydrogens is 234 g/mol. The minimum absolute atomic E-state index is 0.0799. The maximum absolute atomic E-state index is 11.6. The molecule has 0 aliphatic heterocycles. The standard InChI is InChI=1S/C12H21N3OS/c1-9(11-14-7-8-17-11)13-6-5-10(16)15-12(2,3)4/h7-9,13H,5-6H2,1-4H3,(H,15,16). The van der Waals surface area contributed by atoms with E-state index < -0.39 is 0 Å². The Kier molecular flexibility index (Phi) is 5.08. The van der Waals surface area contributed by atoms with Crippen LogP contribution in [0.5, 0.6) is 0 Å². The van der Waals surface area contributed by atoms with Crippen LogP contribution >= 0.6 is 11.3 Å². The molecule has 1 rings (SSSR count). The summed E-state index contributed by atoms with van der Waals surface area (Å²) in [5.41, 5.74) is -0.155. The van der Waals surface area contributed by atoms with Crippen molar-refractivity contribution < 1.29 is 4.79 Å². The van der Waals surface area contributed by atoms with Crippen molar-refractivity contribution in [2.24, 2.45) is 0 Å². The summed E-state index contributed by atoms with van der Waals surface area (Å²) >= 11 is 1.63. The third-order valence-corrected chi connectivity index (χ3v) is 3.10. The fraction of sp³-hybridized carbons (Fsp3) is 0.667. The third kappa shape index (κ3) is 5.79. The lowest BCUT2D eigenvalue weighted by atomic mass is 10.1. The molecule has 0 spiro atoms. The van der Waals surface area contributed by atoms with Gasteiger partial charge in [-0.1, -0.05) is 0 Å². The van der Waals surface area contributed by atoms with Crippen molar-refractivity contribution >= 4 is 17.2 Å². The molecule has 1 amide bonds. The monoisotopic (exact) mass is 255 g/mol. The van der Waals surface area contributed by atoms with Crippen LogP contribution in [0.25, 0.3) is 0 Å². The maximum atomic E-state index is 11.6. The van der Waals surface area contributed by atoms with Crippen LogP contribution in [0, 0.1) is 0 Å². The number of carbonyl (C=O) groups excluding carboxylic acids is 1. The fourth-order valence-corrected chi connectivity index (χ4v) is 2.09. The Bertz CT molecular complexity index is 343. The normalized spacial score (nSPS) is 13.4. The molecule has 1 heterocycles. The third-order valence-electron chi connectivity index (χ3n) is 2.14. The predicted molar refractivity (Wildman–Crippen MR) is 71.0 cm³/mol. The molecule has 17 heavy (non-hydrogen) atoms. The summed E-state index contributed by atoms with van der Waals surface area (Å²) in [5.74, 6) is 0.0799. The number of hydrogen-bond donors (Lipinski definition) is 2. The second kappa shape index (κ2) is 6.12. The van der Waals surface area contributed by atoms with E-state index in [1.807, 2.05) is 26.2 Å². The first-order chi connectivity index (χ1) is 7.88. The van der Waals surface area contributed by atoms with Gasteiger partial charge in [-0.25, -0.2) is 4.98 Å². The number of rotatable bonds is 5. The Morgan fingerprint density at radius 2 is 2.24 bits per heavy atom. The van der Waals surface area contributed by atoms with Crippen molar-refractivity contribution in [3.05, 3.63) is 16.6 Å². The number of nitrogens with one attached hydrogen (secondary N) is 2. The summed E-state index contributed by atoms with van der Waals surface area (Å²) in [5, 5.41) is 9.24. The van der Waals surface area contributed by atoms with Crippen LogP contribution in [-0.4, -0.2) is 23.0 Å². The summed E-state index contributed by atoms with van der Waals surface area (Å²) in [6, 6.07) is 0.206. The molecule has 0 aliphatic rings. The number of nitrogens with zero attached hydrogens (tertiary/aromatic N) is 1. The molecule has 5 heteroatoms. The highest BCUT2D eigenvalue weighted by molar-refractivity contribution is 7.09. The lowest BCUT2D eigenvalue weighted by Crippen LogP contribution is -2.41. The Morgan fingerprint density at radius 3 is 2.76 bits per heavy atom. The molecule has 1 unspecified atom stereocenters. The minimum Gasteiger partial charge on any atom is -0.351 e. The lowest BCUT2D eigenvalue weighted by Gasteiger charge is -2.20. The van der Waals surface area contributed by atoms with E-state index in [0.717, 1.165) is 5.01 Å². The second-order valence-electron chi connectivity index (χ2n) is 5.09. The first kappa shape index (κ1) is 14.1. The maximum Gasteiger partial charge on any atom is 0.221 e. The predicted octanol–water partition coefficient (Wildman–Crippen LogP) is 2.10. The van der Waals surface area contributed by atoms with Crippen molar-refractivity contribution in [1.29, 1.82) is 0 Å². The lowest BCUT2D eigenvalue weighted by molar-refractivity contribution is -0.122. The minimum atomic E-state index is -0.155. The van der Waals surface area contributed by atoms with E-state index in [2.05, 4.69) is 22.5 Å². The SMILES string of the molecule is CC(NCCC(=O)NC(C)(C)C)c1nccs1. The van der Waals surface area contributed by atoms with E-state index in [1.54, 1.807) is 17.5 Å². The van der Waals surface area contributed by atoms with Gasteiger partial charge in [-0.15, -0.1) is 11.3 Å². The summed E-state index contributed by atoms with van der Waals surface area (Å²) in [6.07, 6.45) is 2.29. The molecule has 0 saturated carbocycles. The zero-order valence-corrected chi connectivity index (χ0v) is 11.7. The number of carbonyl (C=O) groups is 1. The Morgan fingerprint density at radius 1 is 1.53 bits per heavy atom. The molecule has 1 atom stereocenters. The van der Waals surface area contributed by atoms with Gasteiger partial charge in [0.2, 0.25) is 5.91 Å². The Labute approximate surface area is 107 Å². The topological polar surface area (TPSA) is 54.0 Å². The molecule has 0 aromatic carbocycles. The highest BCUT2D eigenvalue weighted by Crippen LogP contribution is 2.14. The van der Waals surface area contributed by atoms with Crippen LogP contribution in [0.15, 0.2) is 11.6 Å². The van der Waals surface area contributed by atoms with Gasteiger partial charge in [0.05, 0.1) is 6.04 Å². The number of aromatic nitrogens is 1. The van der Waals surface area contributed by atoms with Crippen molar-refractivity contribution in [1.82, 2.24) is 15.6 Å². The molecule has 1 aromatic rings. The van der Waals surface area contributed by atoms with Gasteiger partial charge in [-0.05, 0) is 27.7 Å². The van der Waals surface area contributed by atoms with Gasteiger partial charge in [0.15, 0.2) is 0 Å². The van der Waals surface area contributed by atoms with Crippen LogP contribution in [0.2, 0.25) is 0 Å². The molecule has 0 saturated heterocycles. The van der Waals surface area contributed by atoms with E-state index in [1.165, 1.54) is 0 Å². The van der Waals surface area contributed by atoms with Gasteiger partial charge >= 0.3 is 0 Å². The average Bonchev–Trinajstić information content (AvgIpc) is 2.66. The van der Waals surface area contributed by atoms with E-state index in [0.29, 0.717) is 13.0 Å². The van der Waals surface area contributed by atoms with Crippen LogP contribution in [-0.2, 0) is 4.79 Å². The van der Waals surface area contributed by atoms with Gasteiger partial charge in [0.25, 0.3) is 0 Å². The van der Waals surface area contributed by atoms with Gasteiger partial charge in [0, 0.05) is 30.1 Å². The molecule has 4 nitrogen and oxygen atoms in total. The van der Waals surface area contributed by atoms with Gasteiger partial charge in [-0.3, -0.25) is 4.79 Å². The number of thiazole rings is 1.